The molecule has 10 heteroatoms. The lowest BCUT2D eigenvalue weighted by molar-refractivity contribution is -0.143. The van der Waals surface area contributed by atoms with E-state index in [0.717, 1.165) is 12.8 Å². The highest BCUT2D eigenvalue weighted by atomic mass is 16.6. The molecule has 10 nitrogen and oxygen atoms in total. The van der Waals surface area contributed by atoms with E-state index in [1.807, 2.05) is 6.92 Å². The van der Waals surface area contributed by atoms with E-state index >= 15 is 0 Å². The number of rotatable bonds is 11. The van der Waals surface area contributed by atoms with Crippen LogP contribution < -0.4 is 16.4 Å². The van der Waals surface area contributed by atoms with Gasteiger partial charge in [-0.2, -0.15) is 0 Å². The third-order valence-corrected chi connectivity index (χ3v) is 4.62. The Hall–Kier alpha value is -3.30. The number of primary amides is 1. The summed E-state index contributed by atoms with van der Waals surface area (Å²) < 4.78 is 5.20. The second-order valence-electron chi connectivity index (χ2n) is 8.63. The summed E-state index contributed by atoms with van der Waals surface area (Å²) in [7, 11) is 0. The summed E-state index contributed by atoms with van der Waals surface area (Å²) in [4.78, 5) is 51.7. The molecule has 2 atom stereocenters. The van der Waals surface area contributed by atoms with Gasteiger partial charge in [-0.25, -0.2) is 4.79 Å². The first-order chi connectivity index (χ1) is 15.4. The topological polar surface area (TPSA) is 151 Å². The summed E-state index contributed by atoms with van der Waals surface area (Å²) >= 11 is 0. The van der Waals surface area contributed by atoms with Crippen molar-refractivity contribution in [2.75, 3.05) is 13.1 Å². The van der Waals surface area contributed by atoms with Crippen molar-refractivity contribution in [3.05, 3.63) is 29.8 Å². The van der Waals surface area contributed by atoms with Crippen molar-refractivity contribution >= 4 is 23.8 Å². The van der Waals surface area contributed by atoms with Crippen LogP contribution in [-0.2, 0) is 19.1 Å². The Labute approximate surface area is 194 Å². The van der Waals surface area contributed by atoms with Crippen molar-refractivity contribution in [1.29, 1.82) is 0 Å². The highest BCUT2D eigenvalue weighted by Crippen LogP contribution is 2.24. The van der Waals surface area contributed by atoms with Gasteiger partial charge in [0, 0.05) is 13.1 Å². The molecule has 4 amide bonds. The second kappa shape index (κ2) is 12.7. The number of carbonyl (C=O) groups is 4. The van der Waals surface area contributed by atoms with Crippen molar-refractivity contribution in [2.24, 2.45) is 5.73 Å². The molecular formula is C23H36N4O6. The van der Waals surface area contributed by atoms with Crippen LogP contribution in [0.2, 0.25) is 0 Å². The molecule has 0 radical (unpaired) electrons. The number of unbranched alkanes of at least 4 members (excludes halogenated alkanes) is 1. The van der Waals surface area contributed by atoms with E-state index in [0.29, 0.717) is 12.1 Å². The van der Waals surface area contributed by atoms with Gasteiger partial charge in [0.25, 0.3) is 0 Å². The lowest BCUT2D eigenvalue weighted by atomic mass is 10.0. The van der Waals surface area contributed by atoms with E-state index in [9.17, 15) is 24.3 Å². The summed E-state index contributed by atoms with van der Waals surface area (Å²) in [6.07, 6.45) is 0.292. The molecule has 184 valence electrons. The smallest absolute Gasteiger partial charge is 0.408 e. The second-order valence-corrected chi connectivity index (χ2v) is 8.63. The number of likely N-dealkylation sites (N-methyl/N-ethyl adjacent to an activating group) is 1. The van der Waals surface area contributed by atoms with Crippen LogP contribution in [0.25, 0.3) is 0 Å². The number of benzene rings is 1. The van der Waals surface area contributed by atoms with E-state index in [4.69, 9.17) is 10.5 Å². The van der Waals surface area contributed by atoms with Crippen LogP contribution in [0.15, 0.2) is 24.3 Å². The van der Waals surface area contributed by atoms with Gasteiger partial charge in [-0.15, -0.1) is 0 Å². The molecule has 5 N–H and O–H groups in total. The van der Waals surface area contributed by atoms with Gasteiger partial charge >= 0.3 is 6.09 Å². The van der Waals surface area contributed by atoms with Crippen LogP contribution in [0.4, 0.5) is 4.79 Å². The number of hydrogen-bond acceptors (Lipinski definition) is 6. The normalized spacial score (nSPS) is 12.9. The number of ether oxygens (including phenoxy) is 1. The summed E-state index contributed by atoms with van der Waals surface area (Å²) in [5, 5.41) is 14.9. The number of nitrogens with two attached hydrogens (primary N) is 1. The first-order valence-electron chi connectivity index (χ1n) is 11.0. The Morgan fingerprint density at radius 2 is 1.73 bits per heavy atom. The van der Waals surface area contributed by atoms with Crippen molar-refractivity contribution < 1.29 is 29.0 Å². The highest BCUT2D eigenvalue weighted by molar-refractivity contribution is 5.94. The average Bonchev–Trinajstić information content (AvgIpc) is 2.70. The van der Waals surface area contributed by atoms with Crippen molar-refractivity contribution in [2.45, 2.75) is 71.6 Å². The summed E-state index contributed by atoms with van der Waals surface area (Å²) in [6, 6.07) is 3.55. The predicted molar refractivity (Wildman–Crippen MR) is 123 cm³/mol. The fourth-order valence-electron chi connectivity index (χ4n) is 3.13. The monoisotopic (exact) mass is 464 g/mol. The quantitative estimate of drug-likeness (QED) is 0.368. The Morgan fingerprint density at radius 1 is 1.12 bits per heavy atom. The molecule has 0 bridgehead atoms. The van der Waals surface area contributed by atoms with Crippen LogP contribution in [0.5, 0.6) is 5.75 Å². The first-order valence-corrected chi connectivity index (χ1v) is 11.0. The fourth-order valence-corrected chi connectivity index (χ4v) is 3.13. The first kappa shape index (κ1) is 27.7. The molecule has 0 spiro atoms. The molecule has 0 saturated heterocycles. The molecule has 0 fully saturated rings. The molecular weight excluding hydrogens is 428 g/mol. The zero-order valence-corrected chi connectivity index (χ0v) is 20.0. The van der Waals surface area contributed by atoms with Gasteiger partial charge in [0.1, 0.15) is 23.4 Å². The van der Waals surface area contributed by atoms with Gasteiger partial charge in [0.2, 0.25) is 17.7 Å². The summed E-state index contributed by atoms with van der Waals surface area (Å²) in [6.45, 7) is 9.20. The van der Waals surface area contributed by atoms with Crippen LogP contribution >= 0.6 is 0 Å². The maximum Gasteiger partial charge on any atom is 0.408 e. The molecule has 0 aliphatic heterocycles. The van der Waals surface area contributed by atoms with E-state index in [2.05, 4.69) is 10.6 Å². The standard InChI is InChI=1S/C23H36N4O6/c1-6-8-13-25-20(30)19(15-9-11-16(28)12-10-15)27(7-2)21(31)17(14-18(24)29)26-22(32)33-23(3,4)5/h9-12,17,19,28H,6-8,13-14H2,1-5H3,(H2,24,29)(H,25,30)(H,26,32). The van der Waals surface area contributed by atoms with E-state index in [1.54, 1.807) is 39.8 Å². The molecule has 0 saturated carbocycles. The van der Waals surface area contributed by atoms with Gasteiger partial charge in [-0.05, 0) is 51.8 Å². The zero-order chi connectivity index (χ0) is 25.2. The van der Waals surface area contributed by atoms with Crippen LogP contribution in [0.3, 0.4) is 0 Å². The molecule has 0 aliphatic carbocycles. The number of phenolic OH excluding ortho intramolecular Hbond substituents is 1. The molecule has 2 unspecified atom stereocenters. The third-order valence-electron chi connectivity index (χ3n) is 4.62. The maximum atomic E-state index is 13.4. The minimum absolute atomic E-state index is 0.0106. The maximum absolute atomic E-state index is 13.4. The highest BCUT2D eigenvalue weighted by Gasteiger charge is 2.36. The largest absolute Gasteiger partial charge is 0.508 e. The molecule has 1 rings (SSSR count). The minimum atomic E-state index is -1.32. The molecule has 1 aromatic carbocycles. The average molecular weight is 465 g/mol. The number of alkyl carbamates (subject to hydrolysis) is 1. The van der Waals surface area contributed by atoms with Crippen molar-refractivity contribution in [3.8, 4) is 5.75 Å². The number of carbonyl (C=O) groups excluding carboxylic acids is 4. The van der Waals surface area contributed by atoms with E-state index in [-0.39, 0.29) is 12.3 Å². The van der Waals surface area contributed by atoms with Crippen LogP contribution in [0, 0.1) is 0 Å². The van der Waals surface area contributed by atoms with E-state index < -0.39 is 47.9 Å². The Kier molecular flexibility index (Phi) is 10.6. The Bertz CT molecular complexity index is 819. The Morgan fingerprint density at radius 3 is 2.21 bits per heavy atom. The van der Waals surface area contributed by atoms with E-state index in [1.165, 1.54) is 17.0 Å². The molecule has 0 aromatic heterocycles. The number of phenols is 1. The molecule has 0 heterocycles. The zero-order valence-electron chi connectivity index (χ0n) is 20.0. The van der Waals surface area contributed by atoms with Crippen LogP contribution in [0.1, 0.15) is 65.5 Å². The summed E-state index contributed by atoms with van der Waals surface area (Å²) in [5.74, 6) is -1.86. The Balaban J connectivity index is 3.28. The third kappa shape index (κ3) is 9.38. The van der Waals surface area contributed by atoms with Gasteiger partial charge < -0.3 is 31.1 Å². The number of hydrogen-bond donors (Lipinski definition) is 4. The summed E-state index contributed by atoms with van der Waals surface area (Å²) in [5.41, 5.74) is 4.96. The van der Waals surface area contributed by atoms with Crippen molar-refractivity contribution in [1.82, 2.24) is 15.5 Å². The number of amides is 4. The number of nitrogens with one attached hydrogen (secondary N) is 2. The molecule has 1 aromatic rings. The minimum Gasteiger partial charge on any atom is -0.508 e. The molecule has 0 aliphatic rings. The van der Waals surface area contributed by atoms with Gasteiger partial charge in [-0.3, -0.25) is 14.4 Å². The van der Waals surface area contributed by atoms with Crippen molar-refractivity contribution in [3.63, 3.8) is 0 Å². The van der Waals surface area contributed by atoms with Gasteiger partial charge in [0.05, 0.1) is 6.42 Å². The predicted octanol–water partition coefficient (Wildman–Crippen LogP) is 1.97. The SMILES string of the molecule is CCCCNC(=O)C(c1ccc(O)cc1)N(CC)C(=O)C(CC(N)=O)NC(=O)OC(C)(C)C. The lowest BCUT2D eigenvalue weighted by Gasteiger charge is -2.33. The number of aromatic hydroxyl groups is 1. The lowest BCUT2D eigenvalue weighted by Crippen LogP contribution is -2.54. The van der Waals surface area contributed by atoms with Crippen LogP contribution in [-0.4, -0.2) is 58.6 Å². The number of nitrogens with zero attached hydrogens (tertiary/aromatic N) is 1. The van der Waals surface area contributed by atoms with Gasteiger partial charge in [0.15, 0.2) is 0 Å². The molecule has 33 heavy (non-hydrogen) atoms. The van der Waals surface area contributed by atoms with Gasteiger partial charge in [-0.1, -0.05) is 25.5 Å². The fraction of sp³-hybridized carbons (Fsp3) is 0.565.